The Kier molecular flexibility index (Phi) is 7.96. The third-order valence-corrected chi connectivity index (χ3v) is 2.69. The van der Waals surface area contributed by atoms with Gasteiger partial charge < -0.3 is 10.6 Å². The predicted molar refractivity (Wildman–Crippen MR) is 74.9 cm³/mol. The molecule has 0 unspecified atom stereocenters. The van der Waals surface area contributed by atoms with Crippen molar-refractivity contribution in [1.29, 1.82) is 0 Å². The van der Waals surface area contributed by atoms with E-state index in [1.807, 2.05) is 13.8 Å². The molecule has 1 amide bonds. The van der Waals surface area contributed by atoms with Crippen molar-refractivity contribution in [3.8, 4) is 0 Å². The molecule has 2 N–H and O–H groups in total. The summed E-state index contributed by atoms with van der Waals surface area (Å²) in [5, 5.41) is 0.897. The first-order chi connectivity index (χ1) is 8.06. The number of hydrogen-bond donors (Lipinski definition) is 1. The molecular formula is C12H18Cl2N2O. The smallest absolute Gasteiger partial charge is 0.223 e. The van der Waals surface area contributed by atoms with Gasteiger partial charge >= 0.3 is 0 Å². The Morgan fingerprint density at radius 2 is 1.88 bits per heavy atom. The van der Waals surface area contributed by atoms with Gasteiger partial charge in [-0.25, -0.2) is 0 Å². The number of amides is 1. The van der Waals surface area contributed by atoms with Crippen molar-refractivity contribution < 1.29 is 4.79 Å². The van der Waals surface area contributed by atoms with E-state index in [0.29, 0.717) is 28.8 Å². The molecule has 0 radical (unpaired) electrons. The lowest BCUT2D eigenvalue weighted by molar-refractivity contribution is -0.116. The highest BCUT2D eigenvalue weighted by molar-refractivity contribution is 6.42. The van der Waals surface area contributed by atoms with Gasteiger partial charge in [-0.05, 0) is 18.2 Å². The zero-order chi connectivity index (χ0) is 13.4. The van der Waals surface area contributed by atoms with Gasteiger partial charge in [0.05, 0.1) is 10.0 Å². The number of benzene rings is 1. The van der Waals surface area contributed by atoms with Crippen molar-refractivity contribution in [2.75, 3.05) is 18.0 Å². The Bertz CT molecular complexity index is 370. The lowest BCUT2D eigenvalue weighted by Crippen LogP contribution is -2.33. The van der Waals surface area contributed by atoms with Gasteiger partial charge in [0.1, 0.15) is 0 Å². The van der Waals surface area contributed by atoms with Crippen LogP contribution in [0.2, 0.25) is 10.0 Å². The molecule has 1 aromatic carbocycles. The molecule has 0 saturated heterocycles. The Morgan fingerprint density at radius 3 is 2.29 bits per heavy atom. The standard InChI is InChI=1S/C10H12Cl2N2O.C2H6/c1-7(15)14(5-4-13)8-2-3-9(11)10(12)6-8;1-2/h2-3,6H,4-5,13H2,1H3;1-2H3. The quantitative estimate of drug-likeness (QED) is 0.921. The highest BCUT2D eigenvalue weighted by Crippen LogP contribution is 2.27. The summed E-state index contributed by atoms with van der Waals surface area (Å²) in [7, 11) is 0. The van der Waals surface area contributed by atoms with E-state index in [-0.39, 0.29) is 5.91 Å². The molecule has 0 bridgehead atoms. The molecule has 0 aliphatic carbocycles. The van der Waals surface area contributed by atoms with Gasteiger partial charge in [0.2, 0.25) is 5.91 Å². The minimum atomic E-state index is -0.0705. The summed E-state index contributed by atoms with van der Waals surface area (Å²) in [6.07, 6.45) is 0. The zero-order valence-electron chi connectivity index (χ0n) is 10.3. The number of halogens is 2. The predicted octanol–water partition coefficient (Wildman–Crippen LogP) is 3.33. The second kappa shape index (κ2) is 8.34. The van der Waals surface area contributed by atoms with Crippen LogP contribution in [0, 0.1) is 0 Å². The van der Waals surface area contributed by atoms with Crippen LogP contribution in [0.4, 0.5) is 5.69 Å². The molecule has 1 aromatic rings. The summed E-state index contributed by atoms with van der Waals surface area (Å²) in [5.74, 6) is -0.0705. The van der Waals surface area contributed by atoms with E-state index in [2.05, 4.69) is 0 Å². The fourth-order valence-electron chi connectivity index (χ4n) is 1.25. The minimum Gasteiger partial charge on any atom is -0.329 e. The lowest BCUT2D eigenvalue weighted by atomic mass is 10.3. The molecule has 0 fully saturated rings. The Hall–Kier alpha value is -0.770. The Labute approximate surface area is 112 Å². The third-order valence-electron chi connectivity index (χ3n) is 1.95. The van der Waals surface area contributed by atoms with Gasteiger partial charge in [-0.3, -0.25) is 4.79 Å². The summed E-state index contributed by atoms with van der Waals surface area (Å²) in [5.41, 5.74) is 6.13. The molecule has 0 saturated carbocycles. The van der Waals surface area contributed by atoms with E-state index in [4.69, 9.17) is 28.9 Å². The number of rotatable bonds is 3. The van der Waals surface area contributed by atoms with E-state index in [1.54, 1.807) is 23.1 Å². The van der Waals surface area contributed by atoms with Crippen LogP contribution >= 0.6 is 23.2 Å². The van der Waals surface area contributed by atoms with Crippen LogP contribution < -0.4 is 10.6 Å². The Balaban J connectivity index is 0.00000121. The fourth-order valence-corrected chi connectivity index (χ4v) is 1.54. The number of hydrogen-bond acceptors (Lipinski definition) is 2. The third kappa shape index (κ3) is 4.94. The highest BCUT2D eigenvalue weighted by atomic mass is 35.5. The molecule has 1 rings (SSSR count). The van der Waals surface area contributed by atoms with Crippen molar-refractivity contribution in [1.82, 2.24) is 0 Å². The molecule has 0 atom stereocenters. The van der Waals surface area contributed by atoms with Gasteiger partial charge in [-0.2, -0.15) is 0 Å². The second-order valence-electron chi connectivity index (χ2n) is 3.06. The Morgan fingerprint density at radius 1 is 1.29 bits per heavy atom. The van der Waals surface area contributed by atoms with Crippen LogP contribution in [0.25, 0.3) is 0 Å². The maximum absolute atomic E-state index is 11.3. The van der Waals surface area contributed by atoms with E-state index >= 15 is 0 Å². The molecular weight excluding hydrogens is 259 g/mol. The molecule has 17 heavy (non-hydrogen) atoms. The van der Waals surface area contributed by atoms with Crippen LogP contribution in [0.1, 0.15) is 20.8 Å². The molecule has 0 aromatic heterocycles. The highest BCUT2D eigenvalue weighted by Gasteiger charge is 2.11. The molecule has 5 heteroatoms. The summed E-state index contributed by atoms with van der Waals surface area (Å²) in [6, 6.07) is 5.05. The molecule has 0 aliphatic heterocycles. The first-order valence-electron chi connectivity index (χ1n) is 5.49. The average Bonchev–Trinajstić information content (AvgIpc) is 2.32. The number of carbonyl (C=O) groups is 1. The number of carbonyl (C=O) groups excluding carboxylic acids is 1. The number of nitrogens with zero attached hydrogens (tertiary/aromatic N) is 1. The van der Waals surface area contributed by atoms with Crippen LogP contribution in [-0.4, -0.2) is 19.0 Å². The monoisotopic (exact) mass is 276 g/mol. The molecule has 0 heterocycles. The number of nitrogens with two attached hydrogens (primary N) is 1. The van der Waals surface area contributed by atoms with Crippen LogP contribution in [0.15, 0.2) is 18.2 Å². The first-order valence-corrected chi connectivity index (χ1v) is 6.25. The molecule has 0 aliphatic rings. The van der Waals surface area contributed by atoms with Gasteiger partial charge in [0.15, 0.2) is 0 Å². The van der Waals surface area contributed by atoms with Crippen molar-refractivity contribution in [2.45, 2.75) is 20.8 Å². The average molecular weight is 277 g/mol. The summed E-state index contributed by atoms with van der Waals surface area (Å²) in [4.78, 5) is 12.9. The zero-order valence-corrected chi connectivity index (χ0v) is 11.8. The maximum atomic E-state index is 11.3. The van der Waals surface area contributed by atoms with E-state index in [0.717, 1.165) is 0 Å². The second-order valence-corrected chi connectivity index (χ2v) is 3.87. The first kappa shape index (κ1) is 16.2. The van der Waals surface area contributed by atoms with Gasteiger partial charge in [-0.15, -0.1) is 0 Å². The van der Waals surface area contributed by atoms with Crippen molar-refractivity contribution in [3.05, 3.63) is 28.2 Å². The fraction of sp³-hybridized carbons (Fsp3) is 0.417. The number of anilines is 1. The summed E-state index contributed by atoms with van der Waals surface area (Å²) >= 11 is 11.6. The summed E-state index contributed by atoms with van der Waals surface area (Å²) < 4.78 is 0. The maximum Gasteiger partial charge on any atom is 0.223 e. The van der Waals surface area contributed by atoms with Gasteiger partial charge in [-0.1, -0.05) is 37.0 Å². The molecule has 0 spiro atoms. The van der Waals surface area contributed by atoms with Gasteiger partial charge in [0.25, 0.3) is 0 Å². The summed E-state index contributed by atoms with van der Waals surface area (Å²) in [6.45, 7) is 6.35. The molecule has 3 nitrogen and oxygen atoms in total. The van der Waals surface area contributed by atoms with Crippen molar-refractivity contribution in [3.63, 3.8) is 0 Å². The topological polar surface area (TPSA) is 46.3 Å². The van der Waals surface area contributed by atoms with E-state index in [9.17, 15) is 4.79 Å². The lowest BCUT2D eigenvalue weighted by Gasteiger charge is -2.20. The van der Waals surface area contributed by atoms with E-state index in [1.165, 1.54) is 6.92 Å². The van der Waals surface area contributed by atoms with Crippen molar-refractivity contribution in [2.24, 2.45) is 5.73 Å². The SMILES string of the molecule is CC.CC(=O)N(CCN)c1ccc(Cl)c(Cl)c1. The van der Waals surface area contributed by atoms with Crippen molar-refractivity contribution >= 4 is 34.8 Å². The normalized spacial score (nSPS) is 9.29. The largest absolute Gasteiger partial charge is 0.329 e. The minimum absolute atomic E-state index is 0.0705. The van der Waals surface area contributed by atoms with Crippen LogP contribution in [-0.2, 0) is 4.79 Å². The van der Waals surface area contributed by atoms with Crippen LogP contribution in [0.5, 0.6) is 0 Å². The van der Waals surface area contributed by atoms with E-state index < -0.39 is 0 Å². The van der Waals surface area contributed by atoms with Gasteiger partial charge in [0, 0.05) is 25.7 Å². The van der Waals surface area contributed by atoms with Crippen LogP contribution in [0.3, 0.4) is 0 Å². The molecule has 96 valence electrons.